The van der Waals surface area contributed by atoms with Gasteiger partial charge in [0.1, 0.15) is 0 Å². The molecule has 0 radical (unpaired) electrons. The zero-order chi connectivity index (χ0) is 20.7. The normalized spacial score (nSPS) is 19.8. The minimum Gasteiger partial charge on any atom is -0.324 e. The Hall–Kier alpha value is -3.34. The molecular formula is C25H25N3O2. The first-order valence-corrected chi connectivity index (χ1v) is 10.5. The maximum atomic E-state index is 13.0. The third kappa shape index (κ3) is 3.41. The molecule has 2 atom stereocenters. The van der Waals surface area contributed by atoms with E-state index in [2.05, 4.69) is 17.4 Å². The van der Waals surface area contributed by atoms with Gasteiger partial charge in [-0.25, -0.2) is 4.79 Å². The predicted octanol–water partition coefficient (Wildman–Crippen LogP) is 4.47. The van der Waals surface area contributed by atoms with Crippen LogP contribution >= 0.6 is 0 Å². The van der Waals surface area contributed by atoms with Crippen LogP contribution in [0.2, 0.25) is 0 Å². The fraction of sp³-hybridized carbons (Fsp3) is 0.280. The molecule has 5 nitrogen and oxygen atoms in total. The Morgan fingerprint density at radius 3 is 2.47 bits per heavy atom. The van der Waals surface area contributed by atoms with Crippen LogP contribution in [0.1, 0.15) is 23.6 Å². The lowest BCUT2D eigenvalue weighted by atomic mass is 9.80. The third-order valence-corrected chi connectivity index (χ3v) is 6.26. The molecule has 2 bridgehead atoms. The van der Waals surface area contributed by atoms with E-state index in [-0.39, 0.29) is 17.5 Å². The van der Waals surface area contributed by atoms with Gasteiger partial charge in [0.2, 0.25) is 0 Å². The van der Waals surface area contributed by atoms with Crippen molar-refractivity contribution in [3.8, 4) is 11.1 Å². The minimum absolute atomic E-state index is 0.0527. The van der Waals surface area contributed by atoms with Crippen LogP contribution in [0.5, 0.6) is 0 Å². The van der Waals surface area contributed by atoms with E-state index in [1.54, 1.807) is 6.07 Å². The summed E-state index contributed by atoms with van der Waals surface area (Å²) in [4.78, 5) is 27.5. The summed E-state index contributed by atoms with van der Waals surface area (Å²) in [6.07, 6.45) is 1.01. The van der Waals surface area contributed by atoms with Gasteiger partial charge in [-0.1, -0.05) is 48.0 Å². The summed E-state index contributed by atoms with van der Waals surface area (Å²) >= 11 is 0. The first kappa shape index (κ1) is 18.7. The second-order valence-corrected chi connectivity index (χ2v) is 8.45. The van der Waals surface area contributed by atoms with Gasteiger partial charge < -0.3 is 14.8 Å². The fourth-order valence-electron chi connectivity index (χ4n) is 4.88. The number of urea groups is 1. The number of nitrogens with one attached hydrogen (secondary N) is 1. The number of hydrogen-bond donors (Lipinski definition) is 1. The molecule has 1 N–H and O–H groups in total. The van der Waals surface area contributed by atoms with E-state index in [9.17, 15) is 9.59 Å². The maximum absolute atomic E-state index is 13.0. The van der Waals surface area contributed by atoms with Crippen molar-refractivity contribution in [2.45, 2.75) is 25.8 Å². The molecule has 3 heterocycles. The summed E-state index contributed by atoms with van der Waals surface area (Å²) in [5.74, 6) is 0.453. The number of carbonyl (C=O) groups excluding carboxylic acids is 1. The lowest BCUT2D eigenvalue weighted by Gasteiger charge is -2.43. The highest BCUT2D eigenvalue weighted by atomic mass is 16.2. The number of hydrogen-bond acceptors (Lipinski definition) is 2. The first-order valence-electron chi connectivity index (χ1n) is 10.5. The number of benzene rings is 2. The first-order chi connectivity index (χ1) is 14.6. The van der Waals surface area contributed by atoms with E-state index in [1.807, 2.05) is 64.9 Å². The van der Waals surface area contributed by atoms with Gasteiger partial charge in [0.25, 0.3) is 5.56 Å². The molecule has 2 amide bonds. The number of aryl methyl sites for hydroxylation is 1. The topological polar surface area (TPSA) is 54.3 Å². The number of amides is 2. The van der Waals surface area contributed by atoms with Gasteiger partial charge in [-0.05, 0) is 43.0 Å². The van der Waals surface area contributed by atoms with Crippen molar-refractivity contribution in [3.63, 3.8) is 0 Å². The van der Waals surface area contributed by atoms with Gasteiger partial charge >= 0.3 is 6.03 Å². The van der Waals surface area contributed by atoms with Crippen LogP contribution in [0.25, 0.3) is 11.1 Å². The molecule has 3 aromatic rings. The quantitative estimate of drug-likeness (QED) is 0.691. The van der Waals surface area contributed by atoms with Crippen molar-refractivity contribution in [2.24, 2.45) is 5.92 Å². The summed E-state index contributed by atoms with van der Waals surface area (Å²) in [5.41, 5.74) is 5.30. The molecule has 0 saturated carbocycles. The highest BCUT2D eigenvalue weighted by Crippen LogP contribution is 2.39. The number of anilines is 1. The molecule has 0 aliphatic carbocycles. The van der Waals surface area contributed by atoms with Crippen molar-refractivity contribution in [1.82, 2.24) is 9.47 Å². The Balaban J connectivity index is 1.45. The number of piperidine rings is 1. The largest absolute Gasteiger partial charge is 0.324 e. The van der Waals surface area contributed by atoms with E-state index >= 15 is 0 Å². The van der Waals surface area contributed by atoms with E-state index in [1.165, 1.54) is 0 Å². The van der Waals surface area contributed by atoms with Gasteiger partial charge in [-0.2, -0.15) is 0 Å². The number of likely N-dealkylation sites (tertiary alicyclic amines) is 1. The Morgan fingerprint density at radius 2 is 1.70 bits per heavy atom. The monoisotopic (exact) mass is 399 g/mol. The van der Waals surface area contributed by atoms with Crippen LogP contribution in [-0.4, -0.2) is 28.6 Å². The second kappa shape index (κ2) is 7.48. The van der Waals surface area contributed by atoms with E-state index < -0.39 is 0 Å². The van der Waals surface area contributed by atoms with E-state index in [0.29, 0.717) is 25.6 Å². The SMILES string of the molecule is Cc1ccc(NC(=O)N2C[C@@H]3C[C@H](C2)c2c(-c4ccccc4)ccc(=O)n2C3)cc1. The average molecular weight is 399 g/mol. The molecule has 1 fully saturated rings. The van der Waals surface area contributed by atoms with Gasteiger partial charge in [-0.3, -0.25) is 4.79 Å². The van der Waals surface area contributed by atoms with Crippen molar-refractivity contribution in [2.75, 3.05) is 18.4 Å². The Labute approximate surface area is 176 Å². The predicted molar refractivity (Wildman–Crippen MR) is 119 cm³/mol. The summed E-state index contributed by atoms with van der Waals surface area (Å²) in [6.45, 7) is 3.99. The number of pyridine rings is 1. The Bertz CT molecular complexity index is 1140. The van der Waals surface area contributed by atoms with Crippen LogP contribution in [0, 0.1) is 12.8 Å². The molecule has 0 spiro atoms. The second-order valence-electron chi connectivity index (χ2n) is 8.45. The Morgan fingerprint density at radius 1 is 0.933 bits per heavy atom. The zero-order valence-corrected chi connectivity index (χ0v) is 17.0. The van der Waals surface area contributed by atoms with E-state index in [4.69, 9.17) is 0 Å². The molecule has 5 rings (SSSR count). The lowest BCUT2D eigenvalue weighted by Crippen LogP contribution is -2.50. The molecule has 30 heavy (non-hydrogen) atoms. The summed E-state index contributed by atoms with van der Waals surface area (Å²) in [6, 6.07) is 21.6. The highest BCUT2D eigenvalue weighted by Gasteiger charge is 2.37. The third-order valence-electron chi connectivity index (χ3n) is 6.26. The van der Waals surface area contributed by atoms with Crippen molar-refractivity contribution < 1.29 is 4.79 Å². The van der Waals surface area contributed by atoms with Crippen LogP contribution < -0.4 is 10.9 Å². The molecular weight excluding hydrogens is 374 g/mol. The number of carbonyl (C=O) groups is 1. The minimum atomic E-state index is -0.0680. The van der Waals surface area contributed by atoms with Gasteiger partial charge in [0, 0.05) is 48.6 Å². The molecule has 5 heteroatoms. The van der Waals surface area contributed by atoms with Gasteiger partial charge in [0.05, 0.1) is 0 Å². The maximum Gasteiger partial charge on any atom is 0.321 e. The number of aromatic nitrogens is 1. The molecule has 1 saturated heterocycles. The van der Waals surface area contributed by atoms with Crippen LogP contribution in [0.4, 0.5) is 10.5 Å². The number of fused-ring (bicyclic) bond motifs is 4. The van der Waals surface area contributed by atoms with Crippen LogP contribution in [0.15, 0.2) is 71.5 Å². The lowest BCUT2D eigenvalue weighted by molar-refractivity contribution is 0.140. The van der Waals surface area contributed by atoms with Crippen molar-refractivity contribution in [1.29, 1.82) is 0 Å². The van der Waals surface area contributed by atoms with E-state index in [0.717, 1.165) is 34.5 Å². The standard InChI is InChI=1S/C25H25N3O2/c1-17-7-9-21(10-8-17)26-25(30)27-14-18-13-20(16-27)24-22(19-5-3-2-4-6-19)11-12-23(29)28(24)15-18/h2-12,18,20H,13-16H2,1H3,(H,26,30)/t18-,20+/m0/s1. The molecule has 1 aromatic heterocycles. The van der Waals surface area contributed by atoms with Crippen LogP contribution in [-0.2, 0) is 6.54 Å². The summed E-state index contributed by atoms with van der Waals surface area (Å²) < 4.78 is 1.94. The molecule has 2 aliphatic heterocycles. The smallest absolute Gasteiger partial charge is 0.321 e. The van der Waals surface area contributed by atoms with Gasteiger partial charge in [0.15, 0.2) is 0 Å². The zero-order valence-electron chi connectivity index (χ0n) is 17.0. The van der Waals surface area contributed by atoms with Crippen molar-refractivity contribution in [3.05, 3.63) is 88.3 Å². The Kier molecular flexibility index (Phi) is 4.66. The van der Waals surface area contributed by atoms with Crippen LogP contribution in [0.3, 0.4) is 0 Å². The highest BCUT2D eigenvalue weighted by molar-refractivity contribution is 5.89. The summed E-state index contributed by atoms with van der Waals surface area (Å²) in [7, 11) is 0. The molecule has 0 unspecified atom stereocenters. The number of nitrogens with zero attached hydrogens (tertiary/aromatic N) is 2. The van der Waals surface area contributed by atoms with Gasteiger partial charge in [-0.15, -0.1) is 0 Å². The molecule has 2 aromatic carbocycles. The molecule has 152 valence electrons. The van der Waals surface area contributed by atoms with Crippen molar-refractivity contribution >= 4 is 11.7 Å². The average Bonchev–Trinajstić information content (AvgIpc) is 2.76. The fourth-order valence-corrected chi connectivity index (χ4v) is 4.88. The summed E-state index contributed by atoms with van der Waals surface area (Å²) in [5, 5.41) is 3.03. The molecule has 2 aliphatic rings. The number of rotatable bonds is 2.